The molecule has 0 fully saturated rings. The smallest absolute Gasteiger partial charge is 0.326 e. The van der Waals surface area contributed by atoms with Gasteiger partial charge < -0.3 is 15.4 Å². The summed E-state index contributed by atoms with van der Waals surface area (Å²) in [6, 6.07) is 6.28. The highest BCUT2D eigenvalue weighted by atomic mass is 16.5. The van der Waals surface area contributed by atoms with Crippen LogP contribution in [-0.2, 0) is 19.7 Å². The van der Waals surface area contributed by atoms with Crippen LogP contribution in [0.15, 0.2) is 24.3 Å². The van der Waals surface area contributed by atoms with Crippen LogP contribution in [-0.4, -0.2) is 42.5 Å². The third kappa shape index (κ3) is 7.77. The molecule has 3 N–H and O–H groups in total. The fourth-order valence-corrected chi connectivity index (χ4v) is 2.18. The summed E-state index contributed by atoms with van der Waals surface area (Å²) in [4.78, 5) is 47.2. The van der Waals surface area contributed by atoms with E-state index < -0.39 is 36.5 Å². The minimum absolute atomic E-state index is 0.0262. The number of carbonyl (C=O) groups excluding carboxylic acids is 4. The van der Waals surface area contributed by atoms with Crippen LogP contribution in [0, 0.1) is 0 Å². The van der Waals surface area contributed by atoms with E-state index in [9.17, 15) is 19.2 Å². The molecule has 8 nitrogen and oxygen atoms in total. The Morgan fingerprint density at radius 2 is 1.57 bits per heavy atom. The van der Waals surface area contributed by atoms with Gasteiger partial charge in [0.05, 0.1) is 0 Å². The molecule has 8 heteroatoms. The Morgan fingerprint density at radius 1 is 1.00 bits per heavy atom. The molecule has 28 heavy (non-hydrogen) atoms. The largest absolute Gasteiger partial charge is 0.451 e. The van der Waals surface area contributed by atoms with Crippen molar-refractivity contribution in [3.05, 3.63) is 35.4 Å². The minimum atomic E-state index is -1.17. The van der Waals surface area contributed by atoms with Crippen LogP contribution in [0.25, 0.3) is 0 Å². The number of amides is 4. The van der Waals surface area contributed by atoms with Crippen molar-refractivity contribution in [2.45, 2.75) is 59.1 Å². The second-order valence-corrected chi connectivity index (χ2v) is 7.76. The van der Waals surface area contributed by atoms with Gasteiger partial charge in [0.2, 0.25) is 0 Å². The zero-order chi connectivity index (χ0) is 21.5. The standard InChI is InChI=1S/C20H29N3O5/c1-12(2)22-19(27)23-17(25)13(3)28-16(24)11-21-18(26)14-7-9-15(10-8-14)20(4,5)6/h7-10,12-13H,11H2,1-6H3,(H,21,26)(H2,22,23,25,27). The maximum Gasteiger partial charge on any atom is 0.326 e. The number of esters is 1. The molecule has 0 bridgehead atoms. The summed E-state index contributed by atoms with van der Waals surface area (Å²) in [5, 5.41) is 7.00. The number of imide groups is 1. The van der Waals surface area contributed by atoms with Crippen LogP contribution in [0.4, 0.5) is 4.79 Å². The average molecular weight is 391 g/mol. The van der Waals surface area contributed by atoms with Gasteiger partial charge >= 0.3 is 12.0 Å². The summed E-state index contributed by atoms with van der Waals surface area (Å²) >= 11 is 0. The van der Waals surface area contributed by atoms with Crippen molar-refractivity contribution in [1.29, 1.82) is 0 Å². The van der Waals surface area contributed by atoms with Gasteiger partial charge in [0.25, 0.3) is 11.8 Å². The first-order chi connectivity index (χ1) is 12.9. The number of ether oxygens (including phenoxy) is 1. The highest BCUT2D eigenvalue weighted by Gasteiger charge is 2.21. The highest BCUT2D eigenvalue weighted by molar-refractivity contribution is 5.98. The van der Waals surface area contributed by atoms with E-state index in [2.05, 4.69) is 36.7 Å². The predicted octanol–water partition coefficient (Wildman–Crippen LogP) is 1.88. The number of urea groups is 1. The lowest BCUT2D eigenvalue weighted by Gasteiger charge is -2.19. The molecule has 154 valence electrons. The van der Waals surface area contributed by atoms with Crippen LogP contribution in [0.1, 0.15) is 57.5 Å². The van der Waals surface area contributed by atoms with E-state index in [0.717, 1.165) is 5.56 Å². The average Bonchev–Trinajstić information content (AvgIpc) is 2.58. The summed E-state index contributed by atoms with van der Waals surface area (Å²) < 4.78 is 4.92. The number of carbonyl (C=O) groups is 4. The third-order valence-electron chi connectivity index (χ3n) is 3.74. The quantitative estimate of drug-likeness (QED) is 0.641. The molecule has 1 rings (SSSR count). The van der Waals surface area contributed by atoms with Crippen molar-refractivity contribution in [1.82, 2.24) is 16.0 Å². The number of hydrogen-bond acceptors (Lipinski definition) is 5. The minimum Gasteiger partial charge on any atom is -0.451 e. The van der Waals surface area contributed by atoms with Gasteiger partial charge in [-0.05, 0) is 43.9 Å². The van der Waals surface area contributed by atoms with Gasteiger partial charge in [0.1, 0.15) is 6.54 Å². The number of rotatable bonds is 6. The Morgan fingerprint density at radius 3 is 2.07 bits per heavy atom. The van der Waals surface area contributed by atoms with Crippen LogP contribution in [0.2, 0.25) is 0 Å². The maximum absolute atomic E-state index is 12.1. The predicted molar refractivity (Wildman–Crippen MR) is 105 cm³/mol. The second-order valence-electron chi connectivity index (χ2n) is 7.76. The zero-order valence-corrected chi connectivity index (χ0v) is 17.2. The molecular formula is C20H29N3O5. The monoisotopic (exact) mass is 391 g/mol. The van der Waals surface area contributed by atoms with Crippen LogP contribution < -0.4 is 16.0 Å². The molecule has 0 aliphatic rings. The molecule has 0 aliphatic carbocycles. The van der Waals surface area contributed by atoms with E-state index in [1.54, 1.807) is 26.0 Å². The topological polar surface area (TPSA) is 114 Å². The lowest BCUT2D eigenvalue weighted by Crippen LogP contribution is -2.47. The Labute approximate surface area is 165 Å². The molecule has 1 unspecified atom stereocenters. The van der Waals surface area contributed by atoms with Crippen molar-refractivity contribution in [3.8, 4) is 0 Å². The zero-order valence-electron chi connectivity index (χ0n) is 17.2. The lowest BCUT2D eigenvalue weighted by atomic mass is 9.87. The highest BCUT2D eigenvalue weighted by Crippen LogP contribution is 2.22. The van der Waals surface area contributed by atoms with Crippen molar-refractivity contribution in [3.63, 3.8) is 0 Å². The molecule has 0 radical (unpaired) electrons. The Bertz CT molecular complexity index is 720. The van der Waals surface area contributed by atoms with Gasteiger partial charge in [-0.1, -0.05) is 32.9 Å². The molecule has 0 heterocycles. The van der Waals surface area contributed by atoms with Crippen LogP contribution in [0.3, 0.4) is 0 Å². The fourth-order valence-electron chi connectivity index (χ4n) is 2.18. The Hall–Kier alpha value is -2.90. The second kappa shape index (κ2) is 9.87. The van der Waals surface area contributed by atoms with E-state index in [1.165, 1.54) is 6.92 Å². The third-order valence-corrected chi connectivity index (χ3v) is 3.74. The van der Waals surface area contributed by atoms with Crippen molar-refractivity contribution >= 4 is 23.8 Å². The summed E-state index contributed by atoms with van der Waals surface area (Å²) in [5.41, 5.74) is 1.48. The molecule has 1 atom stereocenters. The molecule has 1 aromatic rings. The summed E-state index contributed by atoms with van der Waals surface area (Å²) in [5.74, 6) is -1.96. The van der Waals surface area contributed by atoms with Crippen LogP contribution in [0.5, 0.6) is 0 Å². The molecular weight excluding hydrogens is 362 g/mol. The van der Waals surface area contributed by atoms with Crippen molar-refractivity contribution in [2.24, 2.45) is 0 Å². The normalized spacial score (nSPS) is 12.1. The SMILES string of the molecule is CC(C)NC(=O)NC(=O)C(C)OC(=O)CNC(=O)c1ccc(C(C)(C)C)cc1. The first-order valence-electron chi connectivity index (χ1n) is 9.09. The van der Waals surface area contributed by atoms with E-state index in [0.29, 0.717) is 5.56 Å². The summed E-state index contributed by atoms with van der Waals surface area (Å²) in [6.45, 7) is 10.6. The Kier molecular flexibility index (Phi) is 8.16. The molecule has 0 spiro atoms. The van der Waals surface area contributed by atoms with Gasteiger partial charge in [-0.25, -0.2) is 4.79 Å². The van der Waals surface area contributed by atoms with Gasteiger partial charge in [-0.3, -0.25) is 19.7 Å². The fraction of sp³-hybridized carbons (Fsp3) is 0.500. The van der Waals surface area contributed by atoms with Crippen molar-refractivity contribution < 1.29 is 23.9 Å². The van der Waals surface area contributed by atoms with E-state index in [4.69, 9.17) is 4.74 Å². The van der Waals surface area contributed by atoms with E-state index >= 15 is 0 Å². The lowest BCUT2D eigenvalue weighted by molar-refractivity contribution is -0.153. The molecule has 0 aromatic heterocycles. The van der Waals surface area contributed by atoms with Gasteiger partial charge in [0.15, 0.2) is 6.10 Å². The first kappa shape index (κ1) is 23.1. The first-order valence-corrected chi connectivity index (χ1v) is 9.09. The van der Waals surface area contributed by atoms with Crippen LogP contribution >= 0.6 is 0 Å². The summed E-state index contributed by atoms with van der Waals surface area (Å²) in [7, 11) is 0. The van der Waals surface area contributed by atoms with Gasteiger partial charge in [-0.15, -0.1) is 0 Å². The molecule has 1 aromatic carbocycles. The number of hydrogen-bond donors (Lipinski definition) is 3. The number of benzene rings is 1. The van der Waals surface area contributed by atoms with Crippen molar-refractivity contribution in [2.75, 3.05) is 6.54 Å². The van der Waals surface area contributed by atoms with E-state index in [1.807, 2.05) is 12.1 Å². The number of nitrogens with one attached hydrogen (secondary N) is 3. The van der Waals surface area contributed by atoms with Gasteiger partial charge in [-0.2, -0.15) is 0 Å². The molecule has 0 saturated carbocycles. The molecule has 0 saturated heterocycles. The molecule has 4 amide bonds. The molecule has 0 aliphatic heterocycles. The van der Waals surface area contributed by atoms with Gasteiger partial charge in [0, 0.05) is 11.6 Å². The maximum atomic E-state index is 12.1. The Balaban J connectivity index is 2.47. The summed E-state index contributed by atoms with van der Waals surface area (Å²) in [6.07, 6.45) is -1.17. The van der Waals surface area contributed by atoms with E-state index in [-0.39, 0.29) is 11.5 Å².